The van der Waals surface area contributed by atoms with Gasteiger partial charge in [-0.05, 0) is 18.9 Å². The predicted octanol–water partition coefficient (Wildman–Crippen LogP) is 0.990. The molecule has 0 fully saturated rings. The minimum absolute atomic E-state index is 0.308. The standard InChI is InChI=1S/C14H28N2O4S/c1-3-9-16(10-4-2,11-6-5-8-14(15)17)12-7-13-21(18,19)20/h5,8H,3-4,6-7,9-13H2,1-2H3,(H2-,15,17,18,19,20). The first-order valence-electron chi connectivity index (χ1n) is 7.49. The van der Waals surface area contributed by atoms with E-state index in [1.807, 2.05) is 0 Å². The van der Waals surface area contributed by atoms with Gasteiger partial charge in [0.15, 0.2) is 0 Å². The monoisotopic (exact) mass is 320 g/mol. The maximum Gasteiger partial charge on any atom is 0.241 e. The Bertz CT molecular complexity index is 426. The number of hydrogen-bond donors (Lipinski definition) is 1. The van der Waals surface area contributed by atoms with Crippen LogP contribution in [0.3, 0.4) is 0 Å². The SMILES string of the molecule is CCC[N+](CCC)(CCC=CC(N)=O)CCCS(=O)(=O)[O-]. The fourth-order valence-electron chi connectivity index (χ4n) is 2.74. The molecule has 0 aliphatic rings. The second-order valence-electron chi connectivity index (χ2n) is 5.44. The van der Waals surface area contributed by atoms with Crippen molar-refractivity contribution in [2.24, 2.45) is 5.73 Å². The van der Waals surface area contributed by atoms with Gasteiger partial charge < -0.3 is 14.8 Å². The van der Waals surface area contributed by atoms with Gasteiger partial charge in [0.05, 0.1) is 36.3 Å². The highest BCUT2D eigenvalue weighted by Gasteiger charge is 2.24. The summed E-state index contributed by atoms with van der Waals surface area (Å²) in [7, 11) is -4.15. The lowest BCUT2D eigenvalue weighted by atomic mass is 10.2. The van der Waals surface area contributed by atoms with Crippen molar-refractivity contribution in [2.75, 3.05) is 31.9 Å². The molecule has 6 nitrogen and oxygen atoms in total. The van der Waals surface area contributed by atoms with Gasteiger partial charge in [0.1, 0.15) is 0 Å². The van der Waals surface area contributed by atoms with Gasteiger partial charge in [0.25, 0.3) is 0 Å². The third-order valence-electron chi connectivity index (χ3n) is 3.47. The Morgan fingerprint density at radius 2 is 1.71 bits per heavy atom. The Kier molecular flexibility index (Phi) is 9.48. The maximum absolute atomic E-state index is 10.7. The van der Waals surface area contributed by atoms with Gasteiger partial charge in [0, 0.05) is 18.6 Å². The van der Waals surface area contributed by atoms with E-state index in [1.165, 1.54) is 6.08 Å². The zero-order valence-electron chi connectivity index (χ0n) is 13.1. The van der Waals surface area contributed by atoms with E-state index in [2.05, 4.69) is 13.8 Å². The molecule has 0 atom stereocenters. The maximum atomic E-state index is 10.7. The Morgan fingerprint density at radius 3 is 2.14 bits per heavy atom. The fraction of sp³-hybridized carbons (Fsp3) is 0.786. The lowest BCUT2D eigenvalue weighted by molar-refractivity contribution is -0.928. The van der Waals surface area contributed by atoms with Crippen LogP contribution in [0, 0.1) is 0 Å². The van der Waals surface area contributed by atoms with Crippen LogP contribution in [0.25, 0.3) is 0 Å². The fourth-order valence-corrected chi connectivity index (χ4v) is 3.23. The first-order valence-corrected chi connectivity index (χ1v) is 9.07. The van der Waals surface area contributed by atoms with Crippen molar-refractivity contribution in [3.8, 4) is 0 Å². The summed E-state index contributed by atoms with van der Waals surface area (Å²) in [5.74, 6) is -0.770. The number of primary amides is 1. The van der Waals surface area contributed by atoms with Crippen molar-refractivity contribution in [3.63, 3.8) is 0 Å². The topological polar surface area (TPSA) is 100 Å². The molecule has 0 aliphatic heterocycles. The third kappa shape index (κ3) is 10.4. The number of amides is 1. The van der Waals surface area contributed by atoms with Gasteiger partial charge in [-0.2, -0.15) is 0 Å². The summed E-state index contributed by atoms with van der Waals surface area (Å²) in [5, 5.41) is 0. The summed E-state index contributed by atoms with van der Waals surface area (Å²) in [6.07, 6.45) is 6.19. The zero-order chi connectivity index (χ0) is 16.4. The quantitative estimate of drug-likeness (QED) is 0.329. The molecule has 0 saturated heterocycles. The van der Waals surface area contributed by atoms with E-state index in [1.54, 1.807) is 6.08 Å². The minimum atomic E-state index is -4.15. The first-order chi connectivity index (χ1) is 9.74. The van der Waals surface area contributed by atoms with Gasteiger partial charge in [-0.1, -0.05) is 19.9 Å². The molecule has 0 rings (SSSR count). The number of carbonyl (C=O) groups is 1. The van der Waals surface area contributed by atoms with Crippen molar-refractivity contribution < 1.29 is 22.2 Å². The van der Waals surface area contributed by atoms with Crippen LogP contribution in [-0.2, 0) is 14.9 Å². The van der Waals surface area contributed by atoms with E-state index in [9.17, 15) is 17.8 Å². The molecule has 2 N–H and O–H groups in total. The van der Waals surface area contributed by atoms with Gasteiger partial charge in [-0.15, -0.1) is 0 Å². The lowest BCUT2D eigenvalue weighted by Gasteiger charge is -2.38. The first kappa shape index (κ1) is 20.1. The van der Waals surface area contributed by atoms with Gasteiger partial charge >= 0.3 is 0 Å². The van der Waals surface area contributed by atoms with Crippen molar-refractivity contribution in [2.45, 2.75) is 39.5 Å². The van der Waals surface area contributed by atoms with Crippen LogP contribution < -0.4 is 5.73 Å². The lowest BCUT2D eigenvalue weighted by Crippen LogP contribution is -2.50. The molecule has 1 amide bonds. The molecule has 21 heavy (non-hydrogen) atoms. The van der Waals surface area contributed by atoms with Gasteiger partial charge in [-0.25, -0.2) is 8.42 Å². The van der Waals surface area contributed by atoms with Crippen LogP contribution in [0.15, 0.2) is 12.2 Å². The van der Waals surface area contributed by atoms with E-state index in [0.29, 0.717) is 19.4 Å². The molecule has 0 saturated carbocycles. The molecule has 0 unspecified atom stereocenters. The number of carbonyl (C=O) groups excluding carboxylic acids is 1. The predicted molar refractivity (Wildman–Crippen MR) is 82.4 cm³/mol. The van der Waals surface area contributed by atoms with Crippen LogP contribution >= 0.6 is 0 Å². The average Bonchev–Trinajstić information content (AvgIpc) is 2.33. The molecule has 0 aromatic carbocycles. The van der Waals surface area contributed by atoms with E-state index in [-0.39, 0.29) is 5.75 Å². The summed E-state index contributed by atoms with van der Waals surface area (Å²) < 4.78 is 33.0. The smallest absolute Gasteiger partial charge is 0.241 e. The highest BCUT2D eigenvalue weighted by Crippen LogP contribution is 2.14. The molecule has 0 radical (unpaired) electrons. The second kappa shape index (κ2) is 9.92. The molecule has 0 aliphatic carbocycles. The number of hydrogen-bond acceptors (Lipinski definition) is 4. The van der Waals surface area contributed by atoms with Crippen molar-refractivity contribution in [1.29, 1.82) is 0 Å². The minimum Gasteiger partial charge on any atom is -0.748 e. The van der Waals surface area contributed by atoms with Crippen molar-refractivity contribution >= 4 is 16.0 Å². The molecule has 0 aromatic heterocycles. The van der Waals surface area contributed by atoms with Gasteiger partial charge in [-0.3, -0.25) is 4.79 Å². The summed E-state index contributed by atoms with van der Waals surface area (Å²) >= 11 is 0. The van der Waals surface area contributed by atoms with Crippen molar-refractivity contribution in [1.82, 2.24) is 0 Å². The summed E-state index contributed by atoms with van der Waals surface area (Å²) in [6, 6.07) is 0. The van der Waals surface area contributed by atoms with Crippen molar-refractivity contribution in [3.05, 3.63) is 12.2 Å². The largest absolute Gasteiger partial charge is 0.748 e. The van der Waals surface area contributed by atoms with Crippen LogP contribution in [0.5, 0.6) is 0 Å². The summed E-state index contributed by atoms with van der Waals surface area (Å²) in [5.41, 5.74) is 5.06. The number of nitrogens with two attached hydrogens (primary N) is 1. The Labute approximate surface area is 128 Å². The molecule has 7 heteroatoms. The van der Waals surface area contributed by atoms with Gasteiger partial charge in [0.2, 0.25) is 5.91 Å². The summed E-state index contributed by atoms with van der Waals surface area (Å²) in [4.78, 5) is 10.7. The molecule has 0 heterocycles. The normalized spacial score (nSPS) is 12.9. The highest BCUT2D eigenvalue weighted by molar-refractivity contribution is 7.85. The zero-order valence-corrected chi connectivity index (χ0v) is 13.9. The number of nitrogens with zero attached hydrogens (tertiary/aromatic N) is 1. The van der Waals surface area contributed by atoms with Crippen LogP contribution in [0.1, 0.15) is 39.5 Å². The van der Waals surface area contributed by atoms with E-state index in [4.69, 9.17) is 5.73 Å². The Hall–Kier alpha value is -0.920. The third-order valence-corrected chi connectivity index (χ3v) is 4.26. The highest BCUT2D eigenvalue weighted by atomic mass is 32.2. The second-order valence-corrected chi connectivity index (χ2v) is 6.97. The van der Waals surface area contributed by atoms with E-state index < -0.39 is 16.0 Å². The van der Waals surface area contributed by atoms with Crippen LogP contribution in [0.4, 0.5) is 0 Å². The summed E-state index contributed by atoms with van der Waals surface area (Å²) in [6.45, 7) is 7.56. The van der Waals surface area contributed by atoms with Crippen LogP contribution in [0.2, 0.25) is 0 Å². The number of rotatable bonds is 12. The average molecular weight is 320 g/mol. The Balaban J connectivity index is 4.68. The van der Waals surface area contributed by atoms with E-state index in [0.717, 1.165) is 37.0 Å². The molecule has 0 aromatic rings. The number of quaternary nitrogens is 1. The molecule has 0 spiro atoms. The molecule has 124 valence electrons. The molecule has 0 bridgehead atoms. The molecular formula is C14H28N2O4S. The molecular weight excluding hydrogens is 292 g/mol. The Morgan fingerprint density at radius 1 is 1.14 bits per heavy atom. The van der Waals surface area contributed by atoms with Crippen LogP contribution in [-0.4, -0.2) is 55.3 Å². The van der Waals surface area contributed by atoms with E-state index >= 15 is 0 Å².